The highest BCUT2D eigenvalue weighted by atomic mass is 28.4. The Labute approximate surface area is 147 Å². The molecule has 0 aliphatic rings. The van der Waals surface area contributed by atoms with E-state index in [-0.39, 0.29) is 0 Å². The van der Waals surface area contributed by atoms with Gasteiger partial charge in [-0.25, -0.2) is 0 Å². The highest BCUT2D eigenvalue weighted by Gasteiger charge is 2.52. The quantitative estimate of drug-likeness (QED) is 0.471. The minimum atomic E-state index is -2.62. The Bertz CT molecular complexity index is 291. The van der Waals surface area contributed by atoms with Gasteiger partial charge in [-0.1, -0.05) is 54.9 Å². The van der Waals surface area contributed by atoms with E-state index in [0.29, 0.717) is 16.6 Å². The van der Waals surface area contributed by atoms with Crippen molar-refractivity contribution in [3.63, 3.8) is 0 Å². The highest BCUT2D eigenvalue weighted by Crippen LogP contribution is 2.44. The monoisotopic (exact) mass is 363 g/mol. The molecule has 4 nitrogen and oxygen atoms in total. The second-order valence-corrected chi connectivity index (χ2v) is 16.2. The Morgan fingerprint density at radius 3 is 1.43 bits per heavy atom. The van der Waals surface area contributed by atoms with Crippen LogP contribution in [-0.2, 0) is 13.3 Å². The smallest absolute Gasteiger partial charge is 0.376 e. The summed E-state index contributed by atoms with van der Waals surface area (Å²) in [5, 5.41) is 0. The molecule has 0 aromatic carbocycles. The summed E-state index contributed by atoms with van der Waals surface area (Å²) in [6.45, 7) is 17.8. The Hall–Kier alpha value is 0.274. The number of nitrogens with zero attached hydrogens (tertiary/aromatic N) is 1. The lowest BCUT2D eigenvalue weighted by Crippen LogP contribution is -2.66. The van der Waals surface area contributed by atoms with Crippen molar-refractivity contribution in [2.24, 2.45) is 0 Å². The highest BCUT2D eigenvalue weighted by molar-refractivity contribution is 6.82. The van der Waals surface area contributed by atoms with Crippen LogP contribution in [0.4, 0.5) is 0 Å². The number of rotatable bonds is 12. The van der Waals surface area contributed by atoms with E-state index in [1.807, 2.05) is 0 Å². The third-order valence-corrected chi connectivity index (χ3v) is 15.4. The molecule has 0 amide bonds. The second kappa shape index (κ2) is 10.3. The SMILES string of the molecule is CCCCN(C[Si](OC)(OC)OC)[Si](C(C)C)(C(C)C)C(C)C. The standard InChI is InChI=1S/C17H41NO3Si2/c1-11-12-13-18(14-22(19-8,20-9)21-10)23(15(2)3,16(4)5)17(6)7/h15-17H,11-14H2,1-10H3. The Kier molecular flexibility index (Phi) is 10.4. The van der Waals surface area contributed by atoms with Crippen LogP contribution in [0.25, 0.3) is 0 Å². The molecule has 0 unspecified atom stereocenters. The van der Waals surface area contributed by atoms with Crippen LogP contribution in [0.5, 0.6) is 0 Å². The first-order chi connectivity index (χ1) is 10.7. The van der Waals surface area contributed by atoms with Crippen LogP contribution in [0.1, 0.15) is 61.3 Å². The summed E-state index contributed by atoms with van der Waals surface area (Å²) in [6.07, 6.45) is 3.22. The predicted octanol–water partition coefficient (Wildman–Crippen LogP) is 4.68. The molecule has 0 bridgehead atoms. The van der Waals surface area contributed by atoms with Crippen molar-refractivity contribution < 1.29 is 13.3 Å². The molecule has 0 rings (SSSR count). The number of hydrogen-bond acceptors (Lipinski definition) is 4. The van der Waals surface area contributed by atoms with Crippen LogP contribution in [0.15, 0.2) is 0 Å². The average Bonchev–Trinajstić information content (AvgIpc) is 2.49. The lowest BCUT2D eigenvalue weighted by molar-refractivity contribution is 0.112. The van der Waals surface area contributed by atoms with Gasteiger partial charge in [-0.05, 0) is 29.6 Å². The van der Waals surface area contributed by atoms with Crippen molar-refractivity contribution in [1.82, 2.24) is 4.57 Å². The van der Waals surface area contributed by atoms with Crippen LogP contribution in [0, 0.1) is 0 Å². The van der Waals surface area contributed by atoms with Crippen LogP contribution in [-0.4, -0.2) is 55.6 Å². The Morgan fingerprint density at radius 2 is 1.17 bits per heavy atom. The van der Waals surface area contributed by atoms with E-state index in [1.165, 1.54) is 12.8 Å². The Balaban J connectivity index is 5.88. The van der Waals surface area contributed by atoms with Gasteiger partial charge >= 0.3 is 8.80 Å². The summed E-state index contributed by atoms with van der Waals surface area (Å²) in [4.78, 5) is 0. The molecule has 0 radical (unpaired) electrons. The van der Waals surface area contributed by atoms with Crippen LogP contribution < -0.4 is 0 Å². The molecule has 140 valence electrons. The van der Waals surface area contributed by atoms with Crippen molar-refractivity contribution in [3.8, 4) is 0 Å². The molecule has 0 spiro atoms. The van der Waals surface area contributed by atoms with Gasteiger partial charge in [-0.3, -0.25) is 0 Å². The molecule has 0 aliphatic carbocycles. The zero-order chi connectivity index (χ0) is 18.3. The van der Waals surface area contributed by atoms with E-state index in [9.17, 15) is 0 Å². The minimum Gasteiger partial charge on any atom is -0.376 e. The van der Waals surface area contributed by atoms with Crippen LogP contribution in [0.3, 0.4) is 0 Å². The third kappa shape index (κ3) is 5.12. The maximum atomic E-state index is 5.76. The maximum Gasteiger partial charge on any atom is 0.514 e. The lowest BCUT2D eigenvalue weighted by Gasteiger charge is -2.52. The van der Waals surface area contributed by atoms with E-state index in [0.717, 1.165) is 12.7 Å². The largest absolute Gasteiger partial charge is 0.514 e. The summed E-state index contributed by atoms with van der Waals surface area (Å²) in [5.74, 6) is 0. The molecule has 0 saturated carbocycles. The van der Waals surface area contributed by atoms with Gasteiger partial charge in [-0.15, -0.1) is 0 Å². The zero-order valence-electron chi connectivity index (χ0n) is 17.2. The van der Waals surface area contributed by atoms with Gasteiger partial charge in [0.1, 0.15) is 8.24 Å². The first kappa shape index (κ1) is 23.3. The normalized spacial score (nSPS) is 13.8. The summed E-state index contributed by atoms with van der Waals surface area (Å²) in [5.41, 5.74) is 2.03. The minimum absolute atomic E-state index is 0.677. The van der Waals surface area contributed by atoms with Crippen LogP contribution >= 0.6 is 0 Å². The van der Waals surface area contributed by atoms with Gasteiger partial charge in [0.05, 0.1) is 6.17 Å². The topological polar surface area (TPSA) is 30.9 Å². The molecule has 0 atom stereocenters. The fourth-order valence-electron chi connectivity index (χ4n) is 4.53. The fourth-order valence-corrected chi connectivity index (χ4v) is 14.5. The zero-order valence-corrected chi connectivity index (χ0v) is 19.2. The molecule has 23 heavy (non-hydrogen) atoms. The van der Waals surface area contributed by atoms with E-state index < -0.39 is 17.0 Å². The van der Waals surface area contributed by atoms with E-state index in [1.54, 1.807) is 21.3 Å². The van der Waals surface area contributed by atoms with Gasteiger partial charge in [0.15, 0.2) is 0 Å². The second-order valence-electron chi connectivity index (χ2n) is 7.42. The lowest BCUT2D eigenvalue weighted by atomic mass is 10.3. The third-order valence-electron chi connectivity index (χ3n) is 5.42. The van der Waals surface area contributed by atoms with Gasteiger partial charge in [0.25, 0.3) is 0 Å². The number of hydrogen-bond donors (Lipinski definition) is 0. The summed E-state index contributed by atoms with van der Waals surface area (Å²) < 4.78 is 20.0. The molecule has 0 aromatic heterocycles. The molecule has 0 N–H and O–H groups in total. The molecule has 0 fully saturated rings. The first-order valence-corrected chi connectivity index (χ1v) is 13.2. The van der Waals surface area contributed by atoms with Crippen molar-refractivity contribution in [1.29, 1.82) is 0 Å². The molecule has 0 aliphatic heterocycles. The Morgan fingerprint density at radius 1 is 0.783 bits per heavy atom. The van der Waals surface area contributed by atoms with Crippen molar-refractivity contribution in [2.75, 3.05) is 34.0 Å². The van der Waals surface area contributed by atoms with E-state index >= 15 is 0 Å². The maximum absolute atomic E-state index is 5.76. The van der Waals surface area contributed by atoms with Gasteiger partial charge < -0.3 is 17.8 Å². The van der Waals surface area contributed by atoms with Gasteiger partial charge in [0.2, 0.25) is 0 Å². The van der Waals surface area contributed by atoms with Crippen molar-refractivity contribution in [3.05, 3.63) is 0 Å². The van der Waals surface area contributed by atoms with Crippen LogP contribution in [0.2, 0.25) is 16.6 Å². The van der Waals surface area contributed by atoms with Crippen molar-refractivity contribution in [2.45, 2.75) is 77.9 Å². The van der Waals surface area contributed by atoms with Gasteiger partial charge in [0, 0.05) is 21.3 Å². The molecule has 6 heteroatoms. The van der Waals surface area contributed by atoms with E-state index in [2.05, 4.69) is 53.0 Å². The molecular formula is C17H41NO3Si2. The summed E-state index contributed by atoms with van der Waals surface area (Å²) in [7, 11) is 0.826. The fraction of sp³-hybridized carbons (Fsp3) is 1.00. The summed E-state index contributed by atoms with van der Waals surface area (Å²) in [6, 6.07) is 0. The predicted molar refractivity (Wildman–Crippen MR) is 104 cm³/mol. The molecular weight excluding hydrogens is 322 g/mol. The van der Waals surface area contributed by atoms with Gasteiger partial charge in [-0.2, -0.15) is 0 Å². The first-order valence-electron chi connectivity index (χ1n) is 9.08. The van der Waals surface area contributed by atoms with E-state index in [4.69, 9.17) is 13.3 Å². The molecule has 0 aromatic rings. The van der Waals surface area contributed by atoms with Crippen molar-refractivity contribution >= 4 is 17.0 Å². The average molecular weight is 364 g/mol. The summed E-state index contributed by atoms with van der Waals surface area (Å²) >= 11 is 0. The number of unbranched alkanes of at least 4 members (excludes halogenated alkanes) is 1. The molecule has 0 heterocycles. The molecule has 0 saturated heterocycles.